The fraction of sp³-hybridized carbons (Fsp3) is 0.297. The molecular formula is C37H40N6O8S. The average molecular weight is 729 g/mol. The highest BCUT2D eigenvalue weighted by Gasteiger charge is 2.54. The number of ether oxygens (including phenoxy) is 4. The van der Waals surface area contributed by atoms with E-state index in [1.165, 1.54) is 12.1 Å². The Kier molecular flexibility index (Phi) is 12.7. The number of aliphatic hydroxyl groups is 1. The Balaban J connectivity index is 1.52. The maximum absolute atomic E-state index is 14.5. The van der Waals surface area contributed by atoms with E-state index < -0.39 is 33.1 Å². The quantitative estimate of drug-likeness (QED) is 0.0396. The smallest absolute Gasteiger partial charge is 0.266 e. The van der Waals surface area contributed by atoms with E-state index in [1.54, 1.807) is 93.1 Å². The molecular weight excluding hydrogens is 689 g/mol. The molecule has 1 amide bonds. The van der Waals surface area contributed by atoms with Gasteiger partial charge in [0.1, 0.15) is 17.2 Å². The average Bonchev–Trinajstić information content (AvgIpc) is 3.57. The Morgan fingerprint density at radius 1 is 1.00 bits per heavy atom. The molecule has 0 unspecified atom stereocenters. The number of aliphatic imine (C=N–C) groups is 1. The molecule has 0 saturated carbocycles. The molecule has 0 aliphatic carbocycles. The Morgan fingerprint density at radius 2 is 1.73 bits per heavy atom. The van der Waals surface area contributed by atoms with Gasteiger partial charge in [-0.2, -0.15) is 0 Å². The molecule has 52 heavy (non-hydrogen) atoms. The molecule has 5 rings (SSSR count). The van der Waals surface area contributed by atoms with E-state index in [9.17, 15) is 18.7 Å². The van der Waals surface area contributed by atoms with Gasteiger partial charge >= 0.3 is 0 Å². The summed E-state index contributed by atoms with van der Waals surface area (Å²) in [5.41, 5.74) is 15.1. The molecule has 14 nitrogen and oxygen atoms in total. The predicted octanol–water partition coefficient (Wildman–Crippen LogP) is 5.39. The monoisotopic (exact) mass is 728 g/mol. The van der Waals surface area contributed by atoms with Crippen LogP contribution in [0.25, 0.3) is 10.4 Å². The van der Waals surface area contributed by atoms with E-state index >= 15 is 0 Å². The lowest BCUT2D eigenvalue weighted by Gasteiger charge is -2.31. The van der Waals surface area contributed by atoms with Crippen LogP contribution in [-0.4, -0.2) is 70.6 Å². The molecule has 0 fully saturated rings. The normalized spacial score (nSPS) is 16.6. The summed E-state index contributed by atoms with van der Waals surface area (Å²) in [7, 11) is -0.755. The molecule has 1 aliphatic heterocycles. The molecule has 0 radical (unpaired) electrons. The van der Waals surface area contributed by atoms with Gasteiger partial charge in [-0.05, 0) is 72.1 Å². The Labute approximate surface area is 301 Å². The first-order valence-corrected chi connectivity index (χ1v) is 18.2. The number of rotatable bonds is 18. The lowest BCUT2D eigenvalue weighted by Crippen LogP contribution is -2.53. The van der Waals surface area contributed by atoms with Crippen LogP contribution in [0.5, 0.6) is 17.2 Å². The number of azide groups is 1. The first-order chi connectivity index (χ1) is 25.2. The highest BCUT2D eigenvalue weighted by molar-refractivity contribution is 7.91. The molecule has 4 aromatic rings. The van der Waals surface area contributed by atoms with Crippen LogP contribution in [0.3, 0.4) is 0 Å². The zero-order chi connectivity index (χ0) is 37.0. The van der Waals surface area contributed by atoms with Gasteiger partial charge in [-0.25, -0.2) is 18.8 Å². The van der Waals surface area contributed by atoms with E-state index in [2.05, 4.69) is 20.9 Å². The van der Waals surface area contributed by atoms with Crippen molar-refractivity contribution in [2.24, 2.45) is 10.1 Å². The van der Waals surface area contributed by atoms with Gasteiger partial charge < -0.3 is 24.1 Å². The molecule has 0 spiro atoms. The summed E-state index contributed by atoms with van der Waals surface area (Å²) in [6.45, 7) is 0.584. The molecule has 0 aromatic heterocycles. The molecule has 1 aliphatic rings. The van der Waals surface area contributed by atoms with E-state index in [-0.39, 0.29) is 36.1 Å². The van der Waals surface area contributed by atoms with Crippen molar-refractivity contribution < 1.29 is 37.3 Å². The second-order valence-corrected chi connectivity index (χ2v) is 13.8. The SMILES string of the molecule is COc1ccc(OC)c(CCNNC(=O)[C@@]2(CCS(=O)(=O)c3ccccc3)N=C(c3ccc(OCCCO)cc3)O[C@H]2c2ccccc2N=[N+]=[N-])c1. The van der Waals surface area contributed by atoms with E-state index in [4.69, 9.17) is 29.0 Å². The number of nitrogens with one attached hydrogen (secondary N) is 2. The molecule has 4 aromatic carbocycles. The summed E-state index contributed by atoms with van der Waals surface area (Å²) in [5, 5.41) is 12.9. The molecule has 2 atom stereocenters. The van der Waals surface area contributed by atoms with Crippen LogP contribution >= 0.6 is 0 Å². The number of hydrogen-bond acceptors (Lipinski definition) is 11. The first kappa shape index (κ1) is 37.7. The van der Waals surface area contributed by atoms with Gasteiger partial charge in [0.2, 0.25) is 5.90 Å². The largest absolute Gasteiger partial charge is 0.497 e. The third-order valence-corrected chi connectivity index (χ3v) is 10.2. The molecule has 0 saturated heterocycles. The Morgan fingerprint density at radius 3 is 2.44 bits per heavy atom. The minimum atomic E-state index is -3.89. The van der Waals surface area contributed by atoms with Crippen molar-refractivity contribution in [3.8, 4) is 17.2 Å². The second kappa shape index (κ2) is 17.6. The lowest BCUT2D eigenvalue weighted by atomic mass is 9.84. The van der Waals surface area contributed by atoms with E-state index in [0.717, 1.165) is 5.56 Å². The number of carbonyl (C=O) groups excluding carboxylic acids is 1. The van der Waals surface area contributed by atoms with E-state index in [1.807, 2.05) is 6.07 Å². The summed E-state index contributed by atoms with van der Waals surface area (Å²) < 4.78 is 50.3. The summed E-state index contributed by atoms with van der Waals surface area (Å²) in [6, 6.07) is 26.8. The van der Waals surface area contributed by atoms with Gasteiger partial charge in [0.15, 0.2) is 21.5 Å². The number of nitrogens with zero attached hydrogens (tertiary/aromatic N) is 4. The zero-order valence-corrected chi connectivity index (χ0v) is 29.6. The number of sulfone groups is 1. The van der Waals surface area contributed by atoms with Crippen LogP contribution in [0.2, 0.25) is 0 Å². The predicted molar refractivity (Wildman–Crippen MR) is 194 cm³/mol. The summed E-state index contributed by atoms with van der Waals surface area (Å²) in [6.07, 6.45) is -0.579. The first-order valence-electron chi connectivity index (χ1n) is 16.5. The van der Waals surface area contributed by atoms with Crippen molar-refractivity contribution in [3.05, 3.63) is 124 Å². The lowest BCUT2D eigenvalue weighted by molar-refractivity contribution is -0.130. The number of amides is 1. The van der Waals surface area contributed by atoms with Crippen molar-refractivity contribution >= 4 is 27.3 Å². The summed E-state index contributed by atoms with van der Waals surface area (Å²) >= 11 is 0. The van der Waals surface area contributed by atoms with Gasteiger partial charge in [0.25, 0.3) is 5.91 Å². The highest BCUT2D eigenvalue weighted by atomic mass is 32.2. The Hall–Kier alpha value is -5.60. The van der Waals surface area contributed by atoms with Gasteiger partial charge in [-0.1, -0.05) is 47.6 Å². The molecule has 0 bridgehead atoms. The van der Waals surface area contributed by atoms with Gasteiger partial charge in [-0.15, -0.1) is 0 Å². The van der Waals surface area contributed by atoms with Crippen LogP contribution in [0.15, 0.2) is 112 Å². The molecule has 3 N–H and O–H groups in total. The number of carbonyl (C=O) groups is 1. The van der Waals surface area contributed by atoms with Crippen molar-refractivity contribution in [2.45, 2.75) is 35.8 Å². The van der Waals surface area contributed by atoms with Crippen LogP contribution in [0.4, 0.5) is 5.69 Å². The molecule has 272 valence electrons. The van der Waals surface area contributed by atoms with Crippen molar-refractivity contribution in [2.75, 3.05) is 39.7 Å². The second-order valence-electron chi connectivity index (χ2n) is 11.7. The van der Waals surface area contributed by atoms with E-state index in [0.29, 0.717) is 47.8 Å². The third-order valence-electron chi connectivity index (χ3n) is 8.46. The summed E-state index contributed by atoms with van der Waals surface area (Å²) in [5.74, 6) is 0.813. The topological polar surface area (TPSA) is 194 Å². The third kappa shape index (κ3) is 8.82. The zero-order valence-electron chi connectivity index (χ0n) is 28.8. The van der Waals surface area contributed by atoms with Crippen molar-refractivity contribution in [1.82, 2.24) is 10.9 Å². The number of hydrogen-bond donors (Lipinski definition) is 3. The van der Waals surface area contributed by atoms with Gasteiger partial charge in [0, 0.05) is 47.7 Å². The minimum absolute atomic E-state index is 0.00433. The van der Waals surface area contributed by atoms with Crippen LogP contribution < -0.4 is 25.1 Å². The van der Waals surface area contributed by atoms with Crippen LogP contribution in [-0.2, 0) is 25.8 Å². The maximum atomic E-state index is 14.5. The minimum Gasteiger partial charge on any atom is -0.497 e. The van der Waals surface area contributed by atoms with Gasteiger partial charge in [-0.3, -0.25) is 10.2 Å². The standard InChI is InChI=1S/C37H40N6O8S/c1-48-29-17-18-33(49-2)27(25-29)19-21-39-42-36(45)37(20-24-52(46,47)30-9-4-3-5-10-30)34(31-11-6-7-12-32(31)41-43-38)51-35(40-37)26-13-15-28(16-14-26)50-23-8-22-44/h3-7,9-18,25,34,39,44H,8,19-24H2,1-2H3,(H,42,45)/t34-,37-/m0/s1. The van der Waals surface area contributed by atoms with Gasteiger partial charge in [0.05, 0.1) is 31.5 Å². The maximum Gasteiger partial charge on any atom is 0.266 e. The van der Waals surface area contributed by atoms with Crippen molar-refractivity contribution in [3.63, 3.8) is 0 Å². The number of aliphatic hydroxyl groups excluding tert-OH is 1. The fourth-order valence-corrected chi connectivity index (χ4v) is 7.14. The molecule has 15 heteroatoms. The molecule has 1 heterocycles. The van der Waals surface area contributed by atoms with Crippen LogP contribution in [0.1, 0.15) is 35.6 Å². The summed E-state index contributed by atoms with van der Waals surface area (Å²) in [4.78, 5) is 22.5. The van der Waals surface area contributed by atoms with Crippen LogP contribution in [0, 0.1) is 0 Å². The fourth-order valence-electron chi connectivity index (χ4n) is 5.76. The van der Waals surface area contributed by atoms with Crippen molar-refractivity contribution in [1.29, 1.82) is 0 Å². The number of benzene rings is 4. The number of methoxy groups -OCH3 is 2. The highest BCUT2D eigenvalue weighted by Crippen LogP contribution is 2.46. The Bertz CT molecular complexity index is 2020. The number of hydrazine groups is 1.